The third kappa shape index (κ3) is 2.84. The van der Waals surface area contributed by atoms with E-state index in [-0.39, 0.29) is 68.0 Å². The molecule has 0 aliphatic heterocycles. The van der Waals surface area contributed by atoms with Crippen molar-refractivity contribution in [1.82, 2.24) is 0 Å². The molecule has 0 fully saturated rings. The summed E-state index contributed by atoms with van der Waals surface area (Å²) in [5.74, 6) is -1.65. The second kappa shape index (κ2) is 5.72. The van der Waals surface area contributed by atoms with Crippen molar-refractivity contribution >= 4 is 22.6 Å². The molecule has 1 aromatic heterocycles. The Morgan fingerprint density at radius 1 is 1.28 bits per heavy atom. The van der Waals surface area contributed by atoms with Crippen LogP contribution in [-0.2, 0) is 0 Å². The molecule has 8 heteroatoms. The van der Waals surface area contributed by atoms with Gasteiger partial charge in [-0.3, -0.25) is 10.1 Å². The molecule has 1 aromatic carbocycles. The summed E-state index contributed by atoms with van der Waals surface area (Å²) >= 11 is 0. The van der Waals surface area contributed by atoms with Crippen molar-refractivity contribution in [2.75, 3.05) is 0 Å². The Morgan fingerprint density at radius 2 is 1.94 bits per heavy atom. The quantitative estimate of drug-likeness (QED) is 0.250. The predicted molar refractivity (Wildman–Crippen MR) is 53.5 cm³/mol. The number of fused-ring (bicyclic) bond motifs is 1. The number of non-ortho nitro benzene ring substituents is 1. The van der Waals surface area contributed by atoms with Crippen molar-refractivity contribution in [2.45, 2.75) is 0 Å². The summed E-state index contributed by atoms with van der Waals surface area (Å²) in [6.45, 7) is 0. The number of hydrogen-bond acceptors (Lipinski definition) is 6. The van der Waals surface area contributed by atoms with Crippen molar-refractivity contribution in [3.8, 4) is 0 Å². The van der Waals surface area contributed by atoms with Gasteiger partial charge in [0, 0.05) is 11.5 Å². The van der Waals surface area contributed by atoms with Gasteiger partial charge in [-0.05, 0) is 12.1 Å². The molecule has 0 radical (unpaired) electrons. The molecule has 0 saturated heterocycles. The van der Waals surface area contributed by atoms with Gasteiger partial charge in [0.2, 0.25) is 0 Å². The van der Waals surface area contributed by atoms with Gasteiger partial charge in [0.25, 0.3) is 5.69 Å². The summed E-state index contributed by atoms with van der Waals surface area (Å²) in [5, 5.41) is 21.3. The number of carbonyl (C=O) groups excluding carboxylic acids is 1. The minimum atomic E-state index is -1.65. The predicted octanol–water partition coefficient (Wildman–Crippen LogP) is -2.93. The van der Waals surface area contributed by atoms with Gasteiger partial charge in [-0.1, -0.05) is 0 Å². The van der Waals surface area contributed by atoms with E-state index in [0.29, 0.717) is 0 Å². The number of carboxylic acid groups (broad SMARTS) is 1. The average molecular weight is 273 g/mol. The minimum Gasteiger partial charge on any atom is -0.545 e. The smallest absolute Gasteiger partial charge is 0.545 e. The van der Waals surface area contributed by atoms with Crippen molar-refractivity contribution in [3.63, 3.8) is 0 Å². The fourth-order valence-electron chi connectivity index (χ4n) is 1.36. The molecule has 0 aliphatic carbocycles. The molecule has 0 unspecified atom stereocenters. The first-order valence-electron chi connectivity index (χ1n) is 4.42. The van der Waals surface area contributed by atoms with E-state index in [0.717, 1.165) is 12.1 Å². The topological polar surface area (TPSA) is 113 Å². The molecular formula is C10H4KNO6. The fraction of sp³-hybridized carbons (Fsp3) is 0. The molecule has 0 atom stereocenters. The molecular weight excluding hydrogens is 269 g/mol. The molecule has 0 saturated carbocycles. The summed E-state index contributed by atoms with van der Waals surface area (Å²) in [5.41, 5.74) is -2.01. The SMILES string of the molecule is O=C([O-])c1cc2ccc([N+](=O)[O-])cc2oc1=O.[K+]. The molecule has 86 valence electrons. The molecule has 0 spiro atoms. The van der Waals surface area contributed by atoms with Crippen LogP contribution in [0.15, 0.2) is 33.5 Å². The van der Waals surface area contributed by atoms with Gasteiger partial charge in [-0.2, -0.15) is 0 Å². The average Bonchev–Trinajstić information content (AvgIpc) is 2.26. The van der Waals surface area contributed by atoms with E-state index in [9.17, 15) is 24.8 Å². The number of hydrogen-bond donors (Lipinski definition) is 0. The number of carboxylic acids is 1. The standard InChI is InChI=1S/C10H5NO6.K/c12-9(13)7-3-5-1-2-6(11(15)16)4-8(5)17-10(7)14;/h1-4H,(H,12,13);/q;+1/p-1. The first-order valence-corrected chi connectivity index (χ1v) is 4.42. The third-order valence-electron chi connectivity index (χ3n) is 2.15. The van der Waals surface area contributed by atoms with Crippen LogP contribution in [0.1, 0.15) is 10.4 Å². The van der Waals surface area contributed by atoms with Crippen LogP contribution < -0.4 is 62.1 Å². The summed E-state index contributed by atoms with van der Waals surface area (Å²) < 4.78 is 4.66. The minimum absolute atomic E-state index is 0. The van der Waals surface area contributed by atoms with Gasteiger partial charge < -0.3 is 14.3 Å². The maximum atomic E-state index is 11.2. The number of benzene rings is 1. The molecule has 0 N–H and O–H groups in total. The van der Waals surface area contributed by atoms with Crippen LogP contribution in [0.5, 0.6) is 0 Å². The van der Waals surface area contributed by atoms with E-state index in [4.69, 9.17) is 0 Å². The Morgan fingerprint density at radius 3 is 2.50 bits per heavy atom. The number of nitrogens with zero attached hydrogens (tertiary/aromatic N) is 1. The molecule has 0 amide bonds. The zero-order chi connectivity index (χ0) is 12.6. The maximum absolute atomic E-state index is 11.2. The van der Waals surface area contributed by atoms with Gasteiger partial charge in [-0.15, -0.1) is 0 Å². The van der Waals surface area contributed by atoms with E-state index >= 15 is 0 Å². The number of nitro groups is 1. The van der Waals surface area contributed by atoms with Crippen LogP contribution >= 0.6 is 0 Å². The molecule has 0 bridgehead atoms. The molecule has 0 aliphatic rings. The summed E-state index contributed by atoms with van der Waals surface area (Å²) in [7, 11) is 0. The first-order chi connectivity index (χ1) is 7.99. The van der Waals surface area contributed by atoms with Gasteiger partial charge in [0.1, 0.15) is 5.58 Å². The molecule has 2 aromatic rings. The van der Waals surface area contributed by atoms with E-state index in [2.05, 4.69) is 4.42 Å². The molecule has 1 heterocycles. The number of nitro benzene ring substituents is 1. The maximum Gasteiger partial charge on any atom is 1.00 e. The van der Waals surface area contributed by atoms with Crippen LogP contribution in [-0.4, -0.2) is 10.9 Å². The van der Waals surface area contributed by atoms with Crippen LogP contribution in [0.4, 0.5) is 5.69 Å². The summed E-state index contributed by atoms with van der Waals surface area (Å²) in [4.78, 5) is 31.6. The summed E-state index contributed by atoms with van der Waals surface area (Å²) in [6, 6.07) is 4.58. The Labute approximate surface area is 142 Å². The zero-order valence-corrected chi connectivity index (χ0v) is 12.3. The van der Waals surface area contributed by atoms with Crippen LogP contribution in [0, 0.1) is 10.1 Å². The number of aromatic carboxylic acids is 1. The van der Waals surface area contributed by atoms with Crippen LogP contribution in [0.3, 0.4) is 0 Å². The molecule has 2 rings (SSSR count). The van der Waals surface area contributed by atoms with Crippen LogP contribution in [0.25, 0.3) is 11.0 Å². The molecule has 7 nitrogen and oxygen atoms in total. The first kappa shape index (κ1) is 15.0. The van der Waals surface area contributed by atoms with Crippen LogP contribution in [0.2, 0.25) is 0 Å². The normalized spacial score (nSPS) is 9.78. The van der Waals surface area contributed by atoms with E-state index in [1.165, 1.54) is 12.1 Å². The largest absolute Gasteiger partial charge is 1.00 e. The van der Waals surface area contributed by atoms with E-state index < -0.39 is 22.1 Å². The van der Waals surface area contributed by atoms with Gasteiger partial charge >= 0.3 is 57.0 Å². The van der Waals surface area contributed by atoms with Crippen molar-refractivity contribution in [3.05, 3.63) is 50.4 Å². The second-order valence-electron chi connectivity index (χ2n) is 3.21. The van der Waals surface area contributed by atoms with Gasteiger partial charge in [-0.25, -0.2) is 4.79 Å². The monoisotopic (exact) mass is 273 g/mol. The van der Waals surface area contributed by atoms with Crippen molar-refractivity contribution in [2.24, 2.45) is 0 Å². The van der Waals surface area contributed by atoms with Crippen molar-refractivity contribution in [1.29, 1.82) is 0 Å². The van der Waals surface area contributed by atoms with Gasteiger partial charge in [0.15, 0.2) is 0 Å². The zero-order valence-electron chi connectivity index (χ0n) is 9.21. The Kier molecular flexibility index (Phi) is 4.76. The van der Waals surface area contributed by atoms with E-state index in [1.54, 1.807) is 0 Å². The third-order valence-corrected chi connectivity index (χ3v) is 2.15. The Balaban J connectivity index is 0.00000162. The molecule has 18 heavy (non-hydrogen) atoms. The number of rotatable bonds is 2. The fourth-order valence-corrected chi connectivity index (χ4v) is 1.36. The summed E-state index contributed by atoms with van der Waals surface area (Å²) in [6.07, 6.45) is 0. The second-order valence-corrected chi connectivity index (χ2v) is 3.21. The Bertz CT molecular complexity index is 692. The van der Waals surface area contributed by atoms with Crippen molar-refractivity contribution < 1.29 is 70.6 Å². The van der Waals surface area contributed by atoms with Gasteiger partial charge in [0.05, 0.1) is 22.5 Å². The van der Waals surface area contributed by atoms with E-state index in [1.807, 2.05) is 0 Å². The Hall–Kier alpha value is -1.06. The number of carbonyl (C=O) groups is 1.